The van der Waals surface area contributed by atoms with E-state index >= 15 is 0 Å². The van der Waals surface area contributed by atoms with Crippen molar-refractivity contribution in [3.8, 4) is 5.75 Å². The number of methoxy groups -OCH3 is 1. The molecule has 2 amide bonds. The van der Waals surface area contributed by atoms with E-state index in [1.807, 2.05) is 0 Å². The van der Waals surface area contributed by atoms with Gasteiger partial charge in [0.2, 0.25) is 0 Å². The lowest BCUT2D eigenvalue weighted by Crippen LogP contribution is -2.22. The number of ether oxygens (including phenoxy) is 1. The highest BCUT2D eigenvalue weighted by Gasteiger charge is 2.28. The first-order chi connectivity index (χ1) is 15.9. The molecule has 2 aromatic carbocycles. The molecule has 1 heterocycles. The summed E-state index contributed by atoms with van der Waals surface area (Å²) in [6.07, 6.45) is 2.10. The summed E-state index contributed by atoms with van der Waals surface area (Å²) in [5.41, 5.74) is 5.47. The van der Waals surface area contributed by atoms with E-state index in [1.54, 1.807) is 49.4 Å². The zero-order chi connectivity index (χ0) is 23.5. The van der Waals surface area contributed by atoms with Crippen LogP contribution in [0.15, 0.2) is 52.0 Å². The first-order valence-electron chi connectivity index (χ1n) is 10.3. The number of nitrogens with zero attached hydrogens (tertiary/aromatic N) is 1. The predicted octanol–water partition coefficient (Wildman–Crippen LogP) is 5.63. The second-order valence-corrected chi connectivity index (χ2v) is 8.36. The van der Waals surface area contributed by atoms with Gasteiger partial charge in [-0.15, -0.1) is 0 Å². The highest BCUT2D eigenvalue weighted by atomic mass is 35.5. The summed E-state index contributed by atoms with van der Waals surface area (Å²) < 4.78 is 11.1. The number of carbonyl (C=O) groups excluding carboxylic acids is 2. The molecule has 9 heteroatoms. The number of rotatable bonds is 5. The molecular weight excluding hydrogens is 465 g/mol. The second kappa shape index (κ2) is 9.68. The van der Waals surface area contributed by atoms with Crippen LogP contribution in [0.3, 0.4) is 0 Å². The molecule has 1 aromatic heterocycles. The van der Waals surface area contributed by atoms with Crippen molar-refractivity contribution >= 4 is 46.4 Å². The topological polar surface area (TPSA) is 92.9 Å². The van der Waals surface area contributed by atoms with Crippen LogP contribution in [-0.4, -0.2) is 24.6 Å². The van der Waals surface area contributed by atoms with Crippen molar-refractivity contribution in [2.75, 3.05) is 12.4 Å². The van der Waals surface area contributed by atoms with Crippen LogP contribution in [0.25, 0.3) is 0 Å². The van der Waals surface area contributed by atoms with E-state index in [1.165, 1.54) is 7.11 Å². The maximum atomic E-state index is 12.9. The van der Waals surface area contributed by atoms with Crippen molar-refractivity contribution in [1.82, 2.24) is 5.43 Å². The molecule has 4 rings (SSSR count). The van der Waals surface area contributed by atoms with Gasteiger partial charge in [0.1, 0.15) is 11.5 Å². The van der Waals surface area contributed by atoms with Gasteiger partial charge in [0.05, 0.1) is 23.5 Å². The molecule has 0 unspecified atom stereocenters. The molecule has 1 aliphatic rings. The summed E-state index contributed by atoms with van der Waals surface area (Å²) in [4.78, 5) is 25.5. The number of benzene rings is 2. The molecule has 33 heavy (non-hydrogen) atoms. The smallest absolute Gasteiger partial charge is 0.291 e. The zero-order valence-corrected chi connectivity index (χ0v) is 19.5. The van der Waals surface area contributed by atoms with E-state index < -0.39 is 5.91 Å². The maximum Gasteiger partial charge on any atom is 0.291 e. The number of aryl methyl sites for hydroxylation is 1. The average molecular weight is 486 g/mol. The Bertz CT molecular complexity index is 1270. The van der Waals surface area contributed by atoms with Gasteiger partial charge in [-0.3, -0.25) is 9.59 Å². The van der Waals surface area contributed by atoms with Crippen molar-refractivity contribution in [3.05, 3.63) is 80.7 Å². The second-order valence-electron chi connectivity index (χ2n) is 7.52. The highest BCUT2D eigenvalue weighted by Crippen LogP contribution is 2.31. The molecule has 0 fully saturated rings. The van der Waals surface area contributed by atoms with Crippen LogP contribution < -0.4 is 15.5 Å². The summed E-state index contributed by atoms with van der Waals surface area (Å²) in [6, 6.07) is 11.6. The first kappa shape index (κ1) is 22.9. The number of amides is 2. The molecular formula is C24H21Cl2N3O4. The number of anilines is 1. The van der Waals surface area contributed by atoms with Crippen LogP contribution in [0.1, 0.15) is 50.6 Å². The van der Waals surface area contributed by atoms with Crippen molar-refractivity contribution in [1.29, 1.82) is 0 Å². The lowest BCUT2D eigenvalue weighted by Gasteiger charge is -2.13. The average Bonchev–Trinajstić information content (AvgIpc) is 3.17. The lowest BCUT2D eigenvalue weighted by molar-refractivity contribution is 0.0953. The maximum absolute atomic E-state index is 12.9. The Morgan fingerprint density at radius 1 is 1.09 bits per heavy atom. The fraction of sp³-hybridized carbons (Fsp3) is 0.208. The van der Waals surface area contributed by atoms with E-state index in [9.17, 15) is 9.59 Å². The molecule has 7 nitrogen and oxygen atoms in total. The van der Waals surface area contributed by atoms with Crippen molar-refractivity contribution in [2.45, 2.75) is 26.2 Å². The first-order valence-corrected chi connectivity index (χ1v) is 11.0. The van der Waals surface area contributed by atoms with E-state index in [0.29, 0.717) is 56.9 Å². The zero-order valence-electron chi connectivity index (χ0n) is 18.0. The summed E-state index contributed by atoms with van der Waals surface area (Å²) in [5, 5.41) is 7.91. The van der Waals surface area contributed by atoms with Crippen LogP contribution in [0, 0.1) is 6.92 Å². The van der Waals surface area contributed by atoms with Crippen molar-refractivity contribution < 1.29 is 18.7 Å². The third-order valence-electron chi connectivity index (χ3n) is 5.33. The number of hydrogen-bond acceptors (Lipinski definition) is 5. The number of hydrazone groups is 1. The number of furan rings is 1. The van der Waals surface area contributed by atoms with Gasteiger partial charge < -0.3 is 14.5 Å². The van der Waals surface area contributed by atoms with Gasteiger partial charge >= 0.3 is 0 Å². The third-order valence-corrected chi connectivity index (χ3v) is 5.90. The third kappa shape index (κ3) is 4.89. The van der Waals surface area contributed by atoms with Gasteiger partial charge in [0.15, 0.2) is 5.76 Å². The van der Waals surface area contributed by atoms with Gasteiger partial charge in [-0.2, -0.15) is 5.10 Å². The van der Waals surface area contributed by atoms with E-state index in [-0.39, 0.29) is 11.7 Å². The fourth-order valence-electron chi connectivity index (χ4n) is 3.72. The number of hydrogen-bond donors (Lipinski definition) is 2. The number of carbonyl (C=O) groups is 2. The number of fused-ring (bicyclic) bond motifs is 1. The van der Waals surface area contributed by atoms with Gasteiger partial charge in [-0.25, -0.2) is 5.43 Å². The minimum atomic E-state index is -0.439. The molecule has 0 atom stereocenters. The summed E-state index contributed by atoms with van der Waals surface area (Å²) in [5.74, 6) is 0.616. The Balaban J connectivity index is 1.57. The normalized spacial score (nSPS) is 14.0. The molecule has 3 aromatic rings. The van der Waals surface area contributed by atoms with Crippen molar-refractivity contribution in [2.24, 2.45) is 5.10 Å². The molecule has 0 bridgehead atoms. The molecule has 0 saturated carbocycles. The highest BCUT2D eigenvalue weighted by molar-refractivity contribution is 6.35. The minimum Gasteiger partial charge on any atom is -0.497 e. The van der Waals surface area contributed by atoms with Gasteiger partial charge in [0, 0.05) is 28.1 Å². The van der Waals surface area contributed by atoms with Crippen molar-refractivity contribution in [3.63, 3.8) is 0 Å². The minimum absolute atomic E-state index is 0.171. The quantitative estimate of drug-likeness (QED) is 0.458. The molecule has 0 radical (unpaired) electrons. The van der Waals surface area contributed by atoms with Crippen LogP contribution in [-0.2, 0) is 6.42 Å². The number of nitrogens with one attached hydrogen (secondary N) is 2. The summed E-state index contributed by atoms with van der Waals surface area (Å²) in [6.45, 7) is 1.79. The lowest BCUT2D eigenvalue weighted by atomic mass is 9.93. The van der Waals surface area contributed by atoms with Gasteiger partial charge in [-0.05, 0) is 56.2 Å². The Kier molecular flexibility index (Phi) is 6.72. The Morgan fingerprint density at radius 3 is 2.70 bits per heavy atom. The summed E-state index contributed by atoms with van der Waals surface area (Å²) in [7, 11) is 1.54. The Labute approximate surface area is 200 Å². The molecule has 0 spiro atoms. The standard InChI is InChI=1S/C24H21Cl2N3O4/c1-13-21-18(28-29-23(30)14-5-3-6-16(11-14)32-2)7-4-8-20(21)33-22(13)24(31)27-19-12-15(25)9-10-17(19)26/h3,5-6,9-12H,4,7-8H2,1-2H3,(H,27,31)(H,29,30)/b28-18+. The van der Waals surface area contributed by atoms with Crippen LogP contribution in [0.2, 0.25) is 10.0 Å². The molecule has 2 N–H and O–H groups in total. The molecule has 1 aliphatic carbocycles. The Hall–Kier alpha value is -3.29. The monoisotopic (exact) mass is 485 g/mol. The van der Waals surface area contributed by atoms with E-state index in [0.717, 1.165) is 12.0 Å². The molecule has 0 saturated heterocycles. The van der Waals surface area contributed by atoms with Crippen LogP contribution in [0.4, 0.5) is 5.69 Å². The molecule has 0 aliphatic heterocycles. The largest absolute Gasteiger partial charge is 0.497 e. The Morgan fingerprint density at radius 2 is 1.91 bits per heavy atom. The van der Waals surface area contributed by atoms with E-state index in [2.05, 4.69) is 15.8 Å². The SMILES string of the molecule is COc1cccc(C(=O)N/N=C2\CCCc3oc(C(=O)Nc4cc(Cl)ccc4Cl)c(C)c32)c1. The predicted molar refractivity (Wildman–Crippen MR) is 128 cm³/mol. The van der Waals surface area contributed by atoms with Crippen LogP contribution in [0.5, 0.6) is 5.75 Å². The van der Waals surface area contributed by atoms with Crippen LogP contribution >= 0.6 is 23.2 Å². The molecule has 170 valence electrons. The fourth-order valence-corrected chi connectivity index (χ4v) is 4.05. The summed E-state index contributed by atoms with van der Waals surface area (Å²) >= 11 is 12.2. The number of halogens is 2. The van der Waals surface area contributed by atoms with E-state index in [4.69, 9.17) is 32.4 Å². The van der Waals surface area contributed by atoms with Gasteiger partial charge in [0.25, 0.3) is 11.8 Å². The van der Waals surface area contributed by atoms with Gasteiger partial charge in [-0.1, -0.05) is 29.3 Å².